The summed E-state index contributed by atoms with van der Waals surface area (Å²) in [6.45, 7) is 7.73. The van der Waals surface area contributed by atoms with E-state index in [9.17, 15) is 13.2 Å². The molecule has 1 aromatic carbocycles. The molecule has 210 valence electrons. The van der Waals surface area contributed by atoms with E-state index in [0.29, 0.717) is 18.3 Å². The average Bonchev–Trinajstić information content (AvgIpc) is 3.30. The molecule has 38 heavy (non-hydrogen) atoms. The first-order valence-corrected chi connectivity index (χ1v) is 14.0. The Balaban J connectivity index is 1.35. The molecule has 5 heterocycles. The fourth-order valence-corrected chi connectivity index (χ4v) is 7.36. The molecule has 6 aliphatic rings. The maximum Gasteiger partial charge on any atom is 0.416 e. The molecule has 6 fully saturated rings. The van der Waals surface area contributed by atoms with Crippen molar-refractivity contribution in [2.45, 2.75) is 89.4 Å². The number of nitrogens with zero attached hydrogens (tertiary/aromatic N) is 2. The zero-order valence-electron chi connectivity index (χ0n) is 21.9. The first-order valence-electron chi connectivity index (χ1n) is 13.7. The van der Waals surface area contributed by atoms with Gasteiger partial charge in [-0.05, 0) is 69.1 Å². The first-order chi connectivity index (χ1) is 18.0. The maximum absolute atomic E-state index is 13.4. The molecule has 0 amide bonds. The van der Waals surface area contributed by atoms with Crippen molar-refractivity contribution in [3.63, 3.8) is 0 Å². The van der Waals surface area contributed by atoms with E-state index >= 15 is 0 Å². The molecule has 0 radical (unpaired) electrons. The van der Waals surface area contributed by atoms with E-state index in [1.54, 1.807) is 0 Å². The van der Waals surface area contributed by atoms with E-state index in [2.05, 4.69) is 19.2 Å². The molecule has 1 saturated carbocycles. The van der Waals surface area contributed by atoms with Crippen molar-refractivity contribution in [1.29, 1.82) is 0 Å². The Labute approximate surface area is 225 Å². The smallest absolute Gasteiger partial charge is 0.343 e. The summed E-state index contributed by atoms with van der Waals surface area (Å²) < 4.78 is 53.3. The lowest BCUT2D eigenvalue weighted by atomic mass is 9.58. The van der Waals surface area contributed by atoms with Crippen molar-refractivity contribution in [2.75, 3.05) is 18.4 Å². The molecule has 11 heteroatoms. The predicted molar refractivity (Wildman–Crippen MR) is 135 cm³/mol. The molecule has 8 atom stereocenters. The number of halogens is 4. The Kier molecular flexibility index (Phi) is 6.66. The summed E-state index contributed by atoms with van der Waals surface area (Å²) in [6, 6.07) is 3.27. The third kappa shape index (κ3) is 4.40. The number of rotatable bonds is 2. The van der Waals surface area contributed by atoms with Gasteiger partial charge in [0, 0.05) is 31.3 Å². The summed E-state index contributed by atoms with van der Waals surface area (Å²) in [5.74, 6) is 0.307. The Hall–Kier alpha value is -1.59. The average molecular weight is 558 g/mol. The number of hydrogen-bond acceptors (Lipinski definition) is 5. The van der Waals surface area contributed by atoms with Crippen LogP contribution in [0.15, 0.2) is 23.2 Å². The second kappa shape index (κ2) is 9.51. The van der Waals surface area contributed by atoms with Crippen LogP contribution in [0.3, 0.4) is 0 Å². The Bertz CT molecular complexity index is 1100. The molecular formula is C27H35ClF3N3O4. The molecule has 0 aromatic heterocycles. The van der Waals surface area contributed by atoms with Crippen LogP contribution in [0.4, 0.5) is 18.9 Å². The molecule has 7 nitrogen and oxygen atoms in total. The van der Waals surface area contributed by atoms with Crippen molar-refractivity contribution in [2.24, 2.45) is 28.7 Å². The SMILES string of the molecule is C[C@H]1[C@@H](/N=C(\Nc2cc(C(F)(F)F)ccc2Cl)N2CCCC2)O[C@@H]2O[C@@]3(C)CC[C@H]4[C@H](C)CC[C@@H]1[C@@]24OO3. The van der Waals surface area contributed by atoms with E-state index in [0.717, 1.165) is 57.3 Å². The van der Waals surface area contributed by atoms with Crippen LogP contribution in [0.25, 0.3) is 0 Å². The topological polar surface area (TPSA) is 64.6 Å². The van der Waals surface area contributed by atoms with E-state index in [-0.39, 0.29) is 28.5 Å². The molecule has 2 bridgehead atoms. The van der Waals surface area contributed by atoms with Gasteiger partial charge >= 0.3 is 6.18 Å². The predicted octanol–water partition coefficient (Wildman–Crippen LogP) is 6.43. The Morgan fingerprint density at radius 2 is 1.87 bits per heavy atom. The maximum atomic E-state index is 13.4. The van der Waals surface area contributed by atoms with Gasteiger partial charge in [-0.2, -0.15) is 13.2 Å². The summed E-state index contributed by atoms with van der Waals surface area (Å²) in [4.78, 5) is 19.2. The summed E-state index contributed by atoms with van der Waals surface area (Å²) in [7, 11) is 0. The third-order valence-corrected chi connectivity index (χ3v) is 9.65. The minimum atomic E-state index is -4.48. The normalized spacial score (nSPS) is 41.1. The van der Waals surface area contributed by atoms with Crippen LogP contribution in [0, 0.1) is 23.7 Å². The molecule has 1 aromatic rings. The zero-order chi connectivity index (χ0) is 26.9. The lowest BCUT2D eigenvalue weighted by molar-refractivity contribution is -0.570. The number of ether oxygens (including phenoxy) is 2. The molecule has 5 aliphatic heterocycles. The monoisotopic (exact) mass is 557 g/mol. The second-order valence-corrected chi connectivity index (χ2v) is 12.2. The molecule has 1 N–H and O–H groups in total. The van der Waals surface area contributed by atoms with Crippen molar-refractivity contribution in [3.05, 3.63) is 28.8 Å². The number of benzene rings is 1. The highest BCUT2D eigenvalue weighted by Gasteiger charge is 2.69. The van der Waals surface area contributed by atoms with Gasteiger partial charge in [0.1, 0.15) is 0 Å². The highest BCUT2D eigenvalue weighted by molar-refractivity contribution is 6.33. The van der Waals surface area contributed by atoms with Gasteiger partial charge in [-0.1, -0.05) is 25.4 Å². The van der Waals surface area contributed by atoms with Crippen LogP contribution in [-0.4, -0.2) is 47.9 Å². The zero-order valence-corrected chi connectivity index (χ0v) is 22.6. The van der Waals surface area contributed by atoms with Gasteiger partial charge in [-0.25, -0.2) is 14.8 Å². The molecule has 1 aliphatic carbocycles. The molecular weight excluding hydrogens is 523 g/mol. The fraction of sp³-hybridized carbons (Fsp3) is 0.741. The van der Waals surface area contributed by atoms with Crippen LogP contribution >= 0.6 is 11.6 Å². The highest BCUT2D eigenvalue weighted by atomic mass is 35.5. The first kappa shape index (κ1) is 26.6. The quantitative estimate of drug-likeness (QED) is 0.257. The van der Waals surface area contributed by atoms with Crippen molar-refractivity contribution >= 4 is 23.2 Å². The summed E-state index contributed by atoms with van der Waals surface area (Å²) in [5.41, 5.74) is -1.32. The third-order valence-electron chi connectivity index (χ3n) is 9.32. The van der Waals surface area contributed by atoms with Gasteiger partial charge in [0.25, 0.3) is 0 Å². The van der Waals surface area contributed by atoms with E-state index in [1.165, 1.54) is 6.07 Å². The number of fused-ring (bicyclic) bond motifs is 2. The summed E-state index contributed by atoms with van der Waals surface area (Å²) in [6.07, 6.45) is -0.118. The lowest BCUT2D eigenvalue weighted by Crippen LogP contribution is -2.70. The van der Waals surface area contributed by atoms with E-state index in [1.807, 2.05) is 11.8 Å². The number of guanidine groups is 1. The number of aliphatic imine (C=N–C) groups is 1. The van der Waals surface area contributed by atoms with Crippen molar-refractivity contribution in [1.82, 2.24) is 4.90 Å². The van der Waals surface area contributed by atoms with Crippen LogP contribution < -0.4 is 5.32 Å². The number of anilines is 1. The second-order valence-electron chi connectivity index (χ2n) is 11.8. The molecule has 7 rings (SSSR count). The van der Waals surface area contributed by atoms with Gasteiger partial charge in [0.15, 0.2) is 18.1 Å². The fourth-order valence-electron chi connectivity index (χ4n) is 7.19. The van der Waals surface area contributed by atoms with Crippen molar-refractivity contribution < 1.29 is 32.4 Å². The van der Waals surface area contributed by atoms with Crippen LogP contribution in [0.5, 0.6) is 0 Å². The van der Waals surface area contributed by atoms with Crippen LogP contribution in [0.1, 0.15) is 64.9 Å². The summed E-state index contributed by atoms with van der Waals surface area (Å²) in [5, 5.41) is 3.31. The standard InChI is InChI=1S/C27H35ClF3N3O4/c1-15-6-8-19-16(2)22(35-23-26(19)18(15)10-11-25(3,36-23)37-38-26)33-24(34-12-4-5-13-34)32-21-14-17(27(29,30)31)7-9-20(21)28/h7,9,14-16,18-19,22-23H,4-6,8,10-13H2,1-3H3,(H,32,33)/t15-,16-,18+,19+,22+,23-,25-,26-/m1/s1. The minimum absolute atomic E-state index is 0.0349. The Morgan fingerprint density at radius 1 is 1.11 bits per heavy atom. The van der Waals surface area contributed by atoms with Gasteiger partial charge < -0.3 is 19.7 Å². The Morgan fingerprint density at radius 3 is 2.61 bits per heavy atom. The number of likely N-dealkylation sites (tertiary alicyclic amines) is 1. The lowest BCUT2D eigenvalue weighted by Gasteiger charge is -2.59. The number of nitrogens with one attached hydrogen (secondary N) is 1. The van der Waals surface area contributed by atoms with Gasteiger partial charge in [0.2, 0.25) is 11.7 Å². The molecule has 0 unspecified atom stereocenters. The molecule has 1 spiro atoms. The van der Waals surface area contributed by atoms with Gasteiger partial charge in [0.05, 0.1) is 16.3 Å². The van der Waals surface area contributed by atoms with Gasteiger partial charge in [-0.3, -0.25) is 0 Å². The van der Waals surface area contributed by atoms with E-state index in [4.69, 9.17) is 35.8 Å². The largest absolute Gasteiger partial charge is 0.416 e. The van der Waals surface area contributed by atoms with E-state index < -0.39 is 35.6 Å². The van der Waals surface area contributed by atoms with Crippen molar-refractivity contribution in [3.8, 4) is 0 Å². The number of hydrogen-bond donors (Lipinski definition) is 1. The highest BCUT2D eigenvalue weighted by Crippen LogP contribution is 2.60. The number of alkyl halides is 3. The van der Waals surface area contributed by atoms with Gasteiger partial charge in [-0.15, -0.1) is 0 Å². The molecule has 5 saturated heterocycles. The van der Waals surface area contributed by atoms with Crippen LogP contribution in [0.2, 0.25) is 5.02 Å². The minimum Gasteiger partial charge on any atom is -0.343 e. The summed E-state index contributed by atoms with van der Waals surface area (Å²) >= 11 is 6.33. The van der Waals surface area contributed by atoms with Crippen LogP contribution in [-0.2, 0) is 25.4 Å².